The van der Waals surface area contributed by atoms with Crippen LogP contribution in [0.4, 0.5) is 20.2 Å². The van der Waals surface area contributed by atoms with Crippen molar-refractivity contribution in [3.8, 4) is 5.75 Å². The standard InChI is InChI=1S/C22H19ClF2N2O4S/c1-32(29,30)27(13-15-2-4-16(24)5-3-15)18-7-9-19(10-8-18)31-14-22(28)26-17-6-11-21(25)20(23)12-17/h2-12H,13-14H2,1H3,(H,26,28). The number of benzene rings is 3. The Morgan fingerprint density at radius 3 is 2.28 bits per heavy atom. The van der Waals surface area contributed by atoms with E-state index < -0.39 is 27.6 Å². The summed E-state index contributed by atoms with van der Waals surface area (Å²) in [5, 5.41) is 2.42. The van der Waals surface area contributed by atoms with Crippen molar-refractivity contribution >= 4 is 38.9 Å². The van der Waals surface area contributed by atoms with E-state index in [1.807, 2.05) is 0 Å². The molecular formula is C22H19ClF2N2O4S. The van der Waals surface area contributed by atoms with Crippen LogP contribution in [0.2, 0.25) is 5.02 Å². The molecule has 3 rings (SSSR count). The highest BCUT2D eigenvalue weighted by molar-refractivity contribution is 7.92. The fourth-order valence-electron chi connectivity index (χ4n) is 2.78. The van der Waals surface area contributed by atoms with Gasteiger partial charge < -0.3 is 10.1 Å². The normalized spacial score (nSPS) is 11.1. The number of ether oxygens (including phenoxy) is 1. The molecule has 0 radical (unpaired) electrons. The van der Waals surface area contributed by atoms with Crippen molar-refractivity contribution in [3.05, 3.63) is 89.0 Å². The minimum atomic E-state index is -3.61. The molecule has 0 bridgehead atoms. The lowest BCUT2D eigenvalue weighted by atomic mass is 10.2. The minimum Gasteiger partial charge on any atom is -0.484 e. The maximum Gasteiger partial charge on any atom is 0.262 e. The third kappa shape index (κ3) is 6.41. The van der Waals surface area contributed by atoms with Crippen molar-refractivity contribution in [2.45, 2.75) is 6.54 Å². The van der Waals surface area contributed by atoms with Crippen molar-refractivity contribution in [3.63, 3.8) is 0 Å². The van der Waals surface area contributed by atoms with Crippen LogP contribution in [0, 0.1) is 11.6 Å². The molecule has 0 aliphatic rings. The lowest BCUT2D eigenvalue weighted by Gasteiger charge is -2.22. The fourth-order valence-corrected chi connectivity index (χ4v) is 3.85. The Labute approximate surface area is 189 Å². The quantitative estimate of drug-likeness (QED) is 0.511. The van der Waals surface area contributed by atoms with Crippen molar-refractivity contribution in [2.75, 3.05) is 22.5 Å². The third-order valence-corrected chi connectivity index (χ3v) is 5.77. The lowest BCUT2D eigenvalue weighted by molar-refractivity contribution is -0.118. The molecule has 0 fully saturated rings. The molecule has 3 aromatic carbocycles. The van der Waals surface area contributed by atoms with E-state index >= 15 is 0 Å². The van der Waals surface area contributed by atoms with Gasteiger partial charge in [0.25, 0.3) is 5.91 Å². The topological polar surface area (TPSA) is 75.7 Å². The Morgan fingerprint density at radius 2 is 1.69 bits per heavy atom. The van der Waals surface area contributed by atoms with E-state index in [0.29, 0.717) is 22.7 Å². The molecule has 0 aliphatic heterocycles. The number of hydrogen-bond donors (Lipinski definition) is 1. The number of hydrogen-bond acceptors (Lipinski definition) is 4. The van der Waals surface area contributed by atoms with Crippen molar-refractivity contribution in [1.82, 2.24) is 0 Å². The maximum absolute atomic E-state index is 13.2. The second kappa shape index (κ2) is 9.97. The molecule has 10 heteroatoms. The van der Waals surface area contributed by atoms with Crippen LogP contribution in [0.25, 0.3) is 0 Å². The number of carbonyl (C=O) groups is 1. The summed E-state index contributed by atoms with van der Waals surface area (Å²) in [5.41, 5.74) is 1.33. The number of amides is 1. The van der Waals surface area contributed by atoms with E-state index in [2.05, 4.69) is 5.32 Å². The molecule has 1 N–H and O–H groups in total. The molecule has 0 atom stereocenters. The van der Waals surface area contributed by atoms with E-state index in [1.54, 1.807) is 0 Å². The average molecular weight is 481 g/mol. The van der Waals surface area contributed by atoms with Crippen LogP contribution >= 0.6 is 11.6 Å². The minimum absolute atomic E-state index is 0.0297. The Hall–Kier alpha value is -3.17. The van der Waals surface area contributed by atoms with Crippen molar-refractivity contribution in [1.29, 1.82) is 0 Å². The molecule has 0 saturated carbocycles. The van der Waals surface area contributed by atoms with E-state index in [-0.39, 0.29) is 18.2 Å². The molecular weight excluding hydrogens is 462 g/mol. The molecule has 32 heavy (non-hydrogen) atoms. The van der Waals surface area contributed by atoms with Crippen LogP contribution in [0.3, 0.4) is 0 Å². The molecule has 1 amide bonds. The summed E-state index contributed by atoms with van der Waals surface area (Å²) in [5.74, 6) is -1.14. The van der Waals surface area contributed by atoms with Gasteiger partial charge in [-0.2, -0.15) is 0 Å². The van der Waals surface area contributed by atoms with Crippen LogP contribution < -0.4 is 14.4 Å². The average Bonchev–Trinajstić information content (AvgIpc) is 2.74. The highest BCUT2D eigenvalue weighted by atomic mass is 35.5. The molecule has 0 spiro atoms. The highest BCUT2D eigenvalue weighted by Gasteiger charge is 2.18. The van der Waals surface area contributed by atoms with Gasteiger partial charge in [-0.3, -0.25) is 9.10 Å². The van der Waals surface area contributed by atoms with Crippen LogP contribution in [0.5, 0.6) is 5.75 Å². The monoisotopic (exact) mass is 480 g/mol. The van der Waals surface area contributed by atoms with Gasteiger partial charge >= 0.3 is 0 Å². The molecule has 0 heterocycles. The fraction of sp³-hybridized carbons (Fsp3) is 0.136. The van der Waals surface area contributed by atoms with Gasteiger partial charge in [0.1, 0.15) is 17.4 Å². The van der Waals surface area contributed by atoms with Crippen molar-refractivity contribution < 1.29 is 26.7 Å². The summed E-state index contributed by atoms with van der Waals surface area (Å²) < 4.78 is 57.4. The summed E-state index contributed by atoms with van der Waals surface area (Å²) in [7, 11) is -3.61. The van der Waals surface area contributed by atoms with Gasteiger partial charge in [0.2, 0.25) is 10.0 Å². The summed E-state index contributed by atoms with van der Waals surface area (Å²) in [6.45, 7) is -0.290. The SMILES string of the molecule is CS(=O)(=O)N(Cc1ccc(F)cc1)c1ccc(OCC(=O)Nc2ccc(F)c(Cl)c2)cc1. The van der Waals surface area contributed by atoms with Gasteiger partial charge in [0.15, 0.2) is 6.61 Å². The zero-order chi connectivity index (χ0) is 23.3. The number of rotatable bonds is 8. The summed E-state index contributed by atoms with van der Waals surface area (Å²) in [6, 6.07) is 15.5. The van der Waals surface area contributed by atoms with Crippen LogP contribution in [-0.4, -0.2) is 27.2 Å². The number of nitrogens with zero attached hydrogens (tertiary/aromatic N) is 1. The van der Waals surface area contributed by atoms with E-state index in [4.69, 9.17) is 16.3 Å². The van der Waals surface area contributed by atoms with E-state index in [9.17, 15) is 22.0 Å². The smallest absolute Gasteiger partial charge is 0.262 e. The number of carbonyl (C=O) groups excluding carboxylic acids is 1. The van der Waals surface area contributed by atoms with Crippen LogP contribution in [-0.2, 0) is 21.4 Å². The second-order valence-corrected chi connectivity index (χ2v) is 9.17. The van der Waals surface area contributed by atoms with Gasteiger partial charge in [-0.15, -0.1) is 0 Å². The van der Waals surface area contributed by atoms with Crippen LogP contribution in [0.1, 0.15) is 5.56 Å². The van der Waals surface area contributed by atoms with Gasteiger partial charge in [0.05, 0.1) is 23.5 Å². The first-order valence-electron chi connectivity index (χ1n) is 9.32. The number of sulfonamides is 1. The molecule has 6 nitrogen and oxygen atoms in total. The Morgan fingerprint density at radius 1 is 1.03 bits per heavy atom. The zero-order valence-corrected chi connectivity index (χ0v) is 18.5. The summed E-state index contributed by atoms with van der Waals surface area (Å²) in [4.78, 5) is 12.0. The van der Waals surface area contributed by atoms with E-state index in [1.165, 1.54) is 65.0 Å². The molecule has 168 valence electrons. The molecule has 3 aromatic rings. The predicted octanol–water partition coefficient (Wildman–Crippen LogP) is 4.60. The number of anilines is 2. The number of halogens is 3. The Bertz CT molecular complexity index is 1200. The first-order chi connectivity index (χ1) is 15.1. The molecule has 0 unspecified atom stereocenters. The highest BCUT2D eigenvalue weighted by Crippen LogP contribution is 2.24. The van der Waals surface area contributed by atoms with Gasteiger partial charge in [-0.25, -0.2) is 17.2 Å². The Balaban J connectivity index is 1.63. The van der Waals surface area contributed by atoms with E-state index in [0.717, 1.165) is 12.3 Å². The van der Waals surface area contributed by atoms with Gasteiger partial charge in [-0.05, 0) is 60.2 Å². The molecule has 0 saturated heterocycles. The first-order valence-corrected chi connectivity index (χ1v) is 11.5. The van der Waals surface area contributed by atoms with Gasteiger partial charge in [0, 0.05) is 5.69 Å². The third-order valence-electron chi connectivity index (χ3n) is 4.34. The van der Waals surface area contributed by atoms with Crippen molar-refractivity contribution in [2.24, 2.45) is 0 Å². The van der Waals surface area contributed by atoms with Gasteiger partial charge in [-0.1, -0.05) is 23.7 Å². The summed E-state index contributed by atoms with van der Waals surface area (Å²) >= 11 is 5.68. The molecule has 0 aromatic heterocycles. The Kier molecular flexibility index (Phi) is 7.32. The number of nitrogens with one attached hydrogen (secondary N) is 1. The second-order valence-electron chi connectivity index (χ2n) is 6.86. The largest absolute Gasteiger partial charge is 0.484 e. The predicted molar refractivity (Wildman–Crippen MR) is 119 cm³/mol. The zero-order valence-electron chi connectivity index (χ0n) is 16.9. The maximum atomic E-state index is 13.2. The lowest BCUT2D eigenvalue weighted by Crippen LogP contribution is -2.29. The molecule has 0 aliphatic carbocycles. The summed E-state index contributed by atoms with van der Waals surface area (Å²) in [6.07, 6.45) is 1.08. The van der Waals surface area contributed by atoms with Crippen LogP contribution in [0.15, 0.2) is 66.7 Å². The first kappa shape index (κ1) is 23.5.